The molecule has 4 heteroatoms. The van der Waals surface area contributed by atoms with E-state index in [2.05, 4.69) is 10.4 Å². The molecule has 21 heavy (non-hydrogen) atoms. The van der Waals surface area contributed by atoms with Gasteiger partial charge in [-0.15, -0.1) is 0 Å². The van der Waals surface area contributed by atoms with Gasteiger partial charge in [0.2, 0.25) is 0 Å². The first kappa shape index (κ1) is 13.2. The normalized spacial score (nSPS) is 10.0. The first-order chi connectivity index (χ1) is 10.3. The molecular formula is C17H10N2OS. The van der Waals surface area contributed by atoms with Gasteiger partial charge in [-0.1, -0.05) is 42.5 Å². The molecule has 0 N–H and O–H groups in total. The van der Waals surface area contributed by atoms with Crippen molar-refractivity contribution in [2.24, 2.45) is 0 Å². The van der Waals surface area contributed by atoms with E-state index in [0.717, 1.165) is 40.2 Å². The maximum atomic E-state index is 10.7. The van der Waals surface area contributed by atoms with Crippen LogP contribution in [-0.4, -0.2) is 10.7 Å². The maximum Gasteiger partial charge on any atom is 0.161 e. The van der Waals surface area contributed by atoms with E-state index in [0.29, 0.717) is 10.4 Å². The van der Waals surface area contributed by atoms with E-state index in [1.165, 1.54) is 0 Å². The summed E-state index contributed by atoms with van der Waals surface area (Å²) < 4.78 is 4.24. The Kier molecular flexibility index (Phi) is 3.59. The molecule has 1 aromatic heterocycles. The van der Waals surface area contributed by atoms with Crippen molar-refractivity contribution in [3.05, 3.63) is 65.0 Å². The van der Waals surface area contributed by atoms with Gasteiger partial charge in [0.05, 0.1) is 22.2 Å². The number of aromatic nitrogens is 1. The second kappa shape index (κ2) is 5.70. The van der Waals surface area contributed by atoms with Crippen molar-refractivity contribution in [3.8, 4) is 28.5 Å². The zero-order chi connectivity index (χ0) is 14.7. The van der Waals surface area contributed by atoms with E-state index in [9.17, 15) is 10.1 Å². The van der Waals surface area contributed by atoms with Crippen LogP contribution in [0.2, 0.25) is 0 Å². The van der Waals surface area contributed by atoms with Gasteiger partial charge in [0.15, 0.2) is 6.29 Å². The minimum absolute atomic E-state index is 0.579. The van der Waals surface area contributed by atoms with E-state index >= 15 is 0 Å². The van der Waals surface area contributed by atoms with Gasteiger partial charge < -0.3 is 0 Å². The average Bonchev–Trinajstić information content (AvgIpc) is 3.04. The van der Waals surface area contributed by atoms with E-state index < -0.39 is 0 Å². The minimum Gasteiger partial charge on any atom is -0.297 e. The molecule has 0 radical (unpaired) electrons. The Morgan fingerprint density at radius 3 is 2.52 bits per heavy atom. The lowest BCUT2D eigenvalue weighted by atomic mass is 9.97. The third-order valence-corrected chi connectivity index (χ3v) is 3.88. The third kappa shape index (κ3) is 2.60. The van der Waals surface area contributed by atoms with Crippen molar-refractivity contribution in [2.75, 3.05) is 0 Å². The molecule has 1 heterocycles. The molecule has 3 rings (SSSR count). The van der Waals surface area contributed by atoms with Crippen LogP contribution in [-0.2, 0) is 0 Å². The number of hydrogen-bond donors (Lipinski definition) is 0. The Hall–Kier alpha value is -2.77. The van der Waals surface area contributed by atoms with Crippen LogP contribution in [0, 0.1) is 11.3 Å². The smallest absolute Gasteiger partial charge is 0.161 e. The highest BCUT2D eigenvalue weighted by atomic mass is 32.1. The molecule has 0 unspecified atom stereocenters. The number of carbonyl (C=O) groups excluding carboxylic acids is 1. The van der Waals surface area contributed by atoms with Crippen LogP contribution >= 0.6 is 11.5 Å². The standard InChI is InChI=1S/C17H10N2OS/c18-10-14-8-13(17-9-15(11-20)21-19-17)6-7-16(14)12-4-2-1-3-5-12/h1-9,11H. The highest BCUT2D eigenvalue weighted by Gasteiger charge is 2.09. The fraction of sp³-hybridized carbons (Fsp3) is 0. The maximum absolute atomic E-state index is 10.7. The number of nitriles is 1. The SMILES string of the molecule is N#Cc1cc(-c2cc(C=O)sn2)ccc1-c1ccccc1. The average molecular weight is 290 g/mol. The quantitative estimate of drug-likeness (QED) is 0.680. The summed E-state index contributed by atoms with van der Waals surface area (Å²) in [6.45, 7) is 0. The molecule has 100 valence electrons. The molecule has 0 aliphatic heterocycles. The van der Waals surface area contributed by atoms with Gasteiger partial charge in [0, 0.05) is 5.56 Å². The summed E-state index contributed by atoms with van der Waals surface area (Å²) >= 11 is 1.16. The molecule has 0 atom stereocenters. The van der Waals surface area contributed by atoms with Gasteiger partial charge in [-0.2, -0.15) is 9.64 Å². The molecule has 2 aromatic carbocycles. The second-order valence-electron chi connectivity index (χ2n) is 4.47. The molecule has 0 saturated carbocycles. The second-order valence-corrected chi connectivity index (χ2v) is 5.31. The van der Waals surface area contributed by atoms with Gasteiger partial charge >= 0.3 is 0 Å². The Labute approximate surface area is 126 Å². The number of benzene rings is 2. The van der Waals surface area contributed by atoms with Gasteiger partial charge in [0.25, 0.3) is 0 Å². The summed E-state index contributed by atoms with van der Waals surface area (Å²) in [4.78, 5) is 11.3. The lowest BCUT2D eigenvalue weighted by Crippen LogP contribution is -1.86. The summed E-state index contributed by atoms with van der Waals surface area (Å²) in [5, 5.41) is 9.38. The zero-order valence-corrected chi connectivity index (χ0v) is 11.8. The number of hydrogen-bond acceptors (Lipinski definition) is 4. The summed E-state index contributed by atoms with van der Waals surface area (Å²) in [6, 6.07) is 19.4. The number of carbonyl (C=O) groups is 1. The van der Waals surface area contributed by atoms with Crippen molar-refractivity contribution >= 4 is 17.8 Å². The summed E-state index contributed by atoms with van der Waals surface area (Å²) in [5.41, 5.74) is 4.06. The van der Waals surface area contributed by atoms with Crippen LogP contribution in [0.5, 0.6) is 0 Å². The molecule has 0 saturated heterocycles. The number of nitrogens with zero attached hydrogens (tertiary/aromatic N) is 2. The van der Waals surface area contributed by atoms with Crippen molar-refractivity contribution in [1.29, 1.82) is 5.26 Å². The fourth-order valence-corrected chi connectivity index (χ4v) is 2.72. The topological polar surface area (TPSA) is 53.8 Å². The predicted molar refractivity (Wildman–Crippen MR) is 83.1 cm³/mol. The molecule has 0 spiro atoms. The first-order valence-electron chi connectivity index (χ1n) is 6.33. The molecule has 0 aliphatic carbocycles. The van der Waals surface area contributed by atoms with Gasteiger partial charge in [-0.25, -0.2) is 0 Å². The molecule has 0 amide bonds. The van der Waals surface area contributed by atoms with Crippen LogP contribution in [0.15, 0.2) is 54.6 Å². The molecular weight excluding hydrogens is 280 g/mol. The summed E-state index contributed by atoms with van der Waals surface area (Å²) in [7, 11) is 0. The lowest BCUT2D eigenvalue weighted by molar-refractivity contribution is 0.112. The fourth-order valence-electron chi connectivity index (χ4n) is 2.15. The van der Waals surface area contributed by atoms with Crippen LogP contribution in [0.1, 0.15) is 15.2 Å². The monoisotopic (exact) mass is 290 g/mol. The van der Waals surface area contributed by atoms with Crippen molar-refractivity contribution in [3.63, 3.8) is 0 Å². The van der Waals surface area contributed by atoms with E-state index in [4.69, 9.17) is 0 Å². The van der Waals surface area contributed by atoms with Crippen LogP contribution in [0.3, 0.4) is 0 Å². The third-order valence-electron chi connectivity index (χ3n) is 3.17. The molecule has 0 bridgehead atoms. The molecule has 3 nitrogen and oxygen atoms in total. The van der Waals surface area contributed by atoms with Gasteiger partial charge in [-0.3, -0.25) is 4.79 Å². The zero-order valence-electron chi connectivity index (χ0n) is 11.0. The largest absolute Gasteiger partial charge is 0.297 e. The van der Waals surface area contributed by atoms with E-state index in [1.807, 2.05) is 48.5 Å². The molecule has 3 aromatic rings. The Bertz CT molecular complexity index is 831. The Balaban J connectivity index is 2.08. The van der Waals surface area contributed by atoms with Crippen molar-refractivity contribution < 1.29 is 4.79 Å². The molecule has 0 fully saturated rings. The van der Waals surface area contributed by atoms with Crippen molar-refractivity contribution in [1.82, 2.24) is 4.37 Å². The van der Waals surface area contributed by atoms with Crippen LogP contribution in [0.4, 0.5) is 0 Å². The van der Waals surface area contributed by atoms with E-state index in [1.54, 1.807) is 6.07 Å². The van der Waals surface area contributed by atoms with Gasteiger partial charge in [-0.05, 0) is 34.8 Å². The van der Waals surface area contributed by atoms with Crippen molar-refractivity contribution in [2.45, 2.75) is 0 Å². The number of aldehydes is 1. The van der Waals surface area contributed by atoms with Crippen LogP contribution < -0.4 is 0 Å². The van der Waals surface area contributed by atoms with E-state index in [-0.39, 0.29) is 0 Å². The summed E-state index contributed by atoms with van der Waals surface area (Å²) in [5.74, 6) is 0. The van der Waals surface area contributed by atoms with Gasteiger partial charge in [0.1, 0.15) is 0 Å². The summed E-state index contributed by atoms with van der Waals surface area (Å²) in [6.07, 6.45) is 0.782. The minimum atomic E-state index is 0.579. The highest BCUT2D eigenvalue weighted by Crippen LogP contribution is 2.28. The Morgan fingerprint density at radius 1 is 1.05 bits per heavy atom. The first-order valence-corrected chi connectivity index (χ1v) is 7.11. The van der Waals surface area contributed by atoms with Crippen LogP contribution in [0.25, 0.3) is 22.4 Å². The Morgan fingerprint density at radius 2 is 1.86 bits per heavy atom. The predicted octanol–water partition coefficient (Wildman–Crippen LogP) is 4.16. The molecule has 0 aliphatic rings. The lowest BCUT2D eigenvalue weighted by Gasteiger charge is -2.06. The highest BCUT2D eigenvalue weighted by molar-refractivity contribution is 7.07. The number of rotatable bonds is 3.